The van der Waals surface area contributed by atoms with E-state index in [-0.39, 0.29) is 23.1 Å². The van der Waals surface area contributed by atoms with Crippen LogP contribution in [0, 0.1) is 10.1 Å². The average molecular weight is 295 g/mol. The molecule has 7 nitrogen and oxygen atoms in total. The summed E-state index contributed by atoms with van der Waals surface area (Å²) in [6, 6.07) is 4.05. The first-order valence-corrected chi connectivity index (χ1v) is 6.11. The van der Waals surface area contributed by atoms with Gasteiger partial charge in [0.15, 0.2) is 0 Å². The Morgan fingerprint density at radius 1 is 1.45 bits per heavy atom. The molecule has 0 aliphatic rings. The monoisotopic (exact) mass is 294 g/mol. The van der Waals surface area contributed by atoms with Crippen molar-refractivity contribution >= 4 is 23.1 Å². The molecule has 0 saturated heterocycles. The Labute approximate surface area is 119 Å². The number of nitro groups is 1. The van der Waals surface area contributed by atoms with Crippen molar-refractivity contribution < 1.29 is 9.66 Å². The Kier molecular flexibility index (Phi) is 3.99. The SMILES string of the molecule is CCc1c(N)ncnc1Oc1cc(Cl)ccc1[N+](=O)[O-]. The maximum absolute atomic E-state index is 11.0. The highest BCUT2D eigenvalue weighted by Gasteiger charge is 2.18. The van der Waals surface area contributed by atoms with Crippen LogP contribution in [0.2, 0.25) is 5.02 Å². The minimum atomic E-state index is -0.554. The summed E-state index contributed by atoms with van der Waals surface area (Å²) in [5.41, 5.74) is 6.11. The van der Waals surface area contributed by atoms with E-state index in [9.17, 15) is 10.1 Å². The third-order valence-electron chi connectivity index (χ3n) is 2.62. The fourth-order valence-corrected chi connectivity index (χ4v) is 1.82. The predicted molar refractivity (Wildman–Crippen MR) is 74.0 cm³/mol. The molecule has 1 heterocycles. The first kappa shape index (κ1) is 14.0. The zero-order valence-electron chi connectivity index (χ0n) is 10.5. The summed E-state index contributed by atoms with van der Waals surface area (Å²) in [5.74, 6) is 0.475. The Bertz CT molecular complexity index is 663. The summed E-state index contributed by atoms with van der Waals surface area (Å²) < 4.78 is 5.50. The predicted octanol–water partition coefficient (Wildman–Crippen LogP) is 2.98. The number of hydrogen-bond acceptors (Lipinski definition) is 6. The number of ether oxygens (including phenoxy) is 1. The normalized spacial score (nSPS) is 10.3. The lowest BCUT2D eigenvalue weighted by Crippen LogP contribution is -2.02. The van der Waals surface area contributed by atoms with Crippen molar-refractivity contribution in [2.24, 2.45) is 0 Å². The van der Waals surface area contributed by atoms with Crippen molar-refractivity contribution in [1.82, 2.24) is 9.97 Å². The number of anilines is 1. The van der Waals surface area contributed by atoms with Crippen LogP contribution in [0.5, 0.6) is 11.6 Å². The van der Waals surface area contributed by atoms with Gasteiger partial charge in [-0.1, -0.05) is 18.5 Å². The Morgan fingerprint density at radius 2 is 2.20 bits per heavy atom. The zero-order chi connectivity index (χ0) is 14.7. The molecule has 20 heavy (non-hydrogen) atoms. The molecule has 0 aliphatic carbocycles. The third kappa shape index (κ3) is 2.77. The number of rotatable bonds is 4. The molecule has 8 heteroatoms. The van der Waals surface area contributed by atoms with Crippen molar-refractivity contribution in [3.63, 3.8) is 0 Å². The van der Waals surface area contributed by atoms with Gasteiger partial charge in [0.2, 0.25) is 11.6 Å². The average Bonchev–Trinajstić information content (AvgIpc) is 2.38. The first-order valence-electron chi connectivity index (χ1n) is 5.74. The van der Waals surface area contributed by atoms with E-state index in [4.69, 9.17) is 22.1 Å². The maximum atomic E-state index is 11.0. The van der Waals surface area contributed by atoms with Crippen LogP contribution < -0.4 is 10.5 Å². The summed E-state index contributed by atoms with van der Waals surface area (Å²) in [6.07, 6.45) is 1.77. The molecule has 0 fully saturated rings. The molecule has 2 rings (SSSR count). The summed E-state index contributed by atoms with van der Waals surface area (Å²) >= 11 is 5.83. The minimum Gasteiger partial charge on any atom is -0.431 e. The standard InChI is InChI=1S/C12H11ClN4O3/c1-2-8-11(14)15-6-16-12(8)20-10-5-7(13)3-4-9(10)17(18)19/h3-6H,2H2,1H3,(H2,14,15,16). The number of nitro benzene ring substituents is 1. The number of benzene rings is 1. The molecule has 2 aromatic rings. The molecule has 2 N–H and O–H groups in total. The lowest BCUT2D eigenvalue weighted by molar-refractivity contribution is -0.385. The number of nitrogen functional groups attached to an aromatic ring is 1. The van der Waals surface area contributed by atoms with E-state index in [2.05, 4.69) is 9.97 Å². The first-order chi connectivity index (χ1) is 9.52. The highest BCUT2D eigenvalue weighted by molar-refractivity contribution is 6.30. The molecule has 0 bridgehead atoms. The van der Waals surface area contributed by atoms with E-state index in [1.807, 2.05) is 6.92 Å². The number of aromatic nitrogens is 2. The van der Waals surface area contributed by atoms with Crippen molar-refractivity contribution in [2.75, 3.05) is 5.73 Å². The summed E-state index contributed by atoms with van der Waals surface area (Å²) in [7, 11) is 0. The van der Waals surface area contributed by atoms with Crippen LogP contribution >= 0.6 is 11.6 Å². The summed E-state index contributed by atoms with van der Waals surface area (Å²) in [5, 5.41) is 11.3. The van der Waals surface area contributed by atoms with E-state index in [1.54, 1.807) is 0 Å². The second-order valence-corrected chi connectivity index (χ2v) is 4.30. The highest BCUT2D eigenvalue weighted by atomic mass is 35.5. The highest BCUT2D eigenvalue weighted by Crippen LogP contribution is 2.34. The van der Waals surface area contributed by atoms with E-state index in [0.29, 0.717) is 17.0 Å². The van der Waals surface area contributed by atoms with Gasteiger partial charge in [-0.05, 0) is 12.5 Å². The van der Waals surface area contributed by atoms with Crippen molar-refractivity contribution in [1.29, 1.82) is 0 Å². The third-order valence-corrected chi connectivity index (χ3v) is 2.85. The molecule has 0 atom stereocenters. The van der Waals surface area contributed by atoms with Gasteiger partial charge >= 0.3 is 5.69 Å². The van der Waals surface area contributed by atoms with Gasteiger partial charge in [0.25, 0.3) is 0 Å². The lowest BCUT2D eigenvalue weighted by Gasteiger charge is -2.10. The molecular formula is C12H11ClN4O3. The van der Waals surface area contributed by atoms with Crippen LogP contribution in [-0.4, -0.2) is 14.9 Å². The van der Waals surface area contributed by atoms with Gasteiger partial charge in [0.05, 0.1) is 10.5 Å². The Morgan fingerprint density at radius 3 is 2.85 bits per heavy atom. The van der Waals surface area contributed by atoms with Crippen LogP contribution in [0.25, 0.3) is 0 Å². The second kappa shape index (κ2) is 5.70. The van der Waals surface area contributed by atoms with Gasteiger partial charge in [-0.25, -0.2) is 9.97 Å². The van der Waals surface area contributed by atoms with Crippen molar-refractivity contribution in [3.8, 4) is 11.6 Å². The molecule has 0 aliphatic heterocycles. The number of nitrogens with zero attached hydrogens (tertiary/aromatic N) is 3. The van der Waals surface area contributed by atoms with Crippen LogP contribution in [-0.2, 0) is 6.42 Å². The largest absolute Gasteiger partial charge is 0.431 e. The quantitative estimate of drug-likeness (QED) is 0.686. The fourth-order valence-electron chi connectivity index (χ4n) is 1.65. The summed E-state index contributed by atoms with van der Waals surface area (Å²) in [4.78, 5) is 18.2. The topological polar surface area (TPSA) is 104 Å². The van der Waals surface area contributed by atoms with E-state index < -0.39 is 4.92 Å². The van der Waals surface area contributed by atoms with Gasteiger partial charge < -0.3 is 10.5 Å². The smallest absolute Gasteiger partial charge is 0.311 e. The summed E-state index contributed by atoms with van der Waals surface area (Å²) in [6.45, 7) is 1.86. The van der Waals surface area contributed by atoms with Gasteiger partial charge in [0, 0.05) is 17.2 Å². The molecule has 104 valence electrons. The van der Waals surface area contributed by atoms with Gasteiger partial charge in [-0.3, -0.25) is 10.1 Å². The van der Waals surface area contributed by atoms with E-state index >= 15 is 0 Å². The van der Waals surface area contributed by atoms with Gasteiger partial charge in [-0.2, -0.15) is 0 Å². The lowest BCUT2D eigenvalue weighted by atomic mass is 10.2. The molecule has 0 spiro atoms. The zero-order valence-corrected chi connectivity index (χ0v) is 11.3. The van der Waals surface area contributed by atoms with Gasteiger partial charge in [-0.15, -0.1) is 0 Å². The van der Waals surface area contributed by atoms with E-state index in [0.717, 1.165) is 0 Å². The molecule has 0 amide bonds. The van der Waals surface area contributed by atoms with Crippen molar-refractivity contribution in [3.05, 3.63) is 45.2 Å². The molecule has 1 aromatic heterocycles. The van der Waals surface area contributed by atoms with Gasteiger partial charge in [0.1, 0.15) is 12.1 Å². The van der Waals surface area contributed by atoms with Crippen molar-refractivity contribution in [2.45, 2.75) is 13.3 Å². The molecule has 0 saturated carbocycles. The van der Waals surface area contributed by atoms with E-state index in [1.165, 1.54) is 24.5 Å². The maximum Gasteiger partial charge on any atom is 0.311 e. The number of halogens is 1. The van der Waals surface area contributed by atoms with Crippen LogP contribution in [0.3, 0.4) is 0 Å². The minimum absolute atomic E-state index is 0.00954. The van der Waals surface area contributed by atoms with Crippen LogP contribution in [0.1, 0.15) is 12.5 Å². The fraction of sp³-hybridized carbons (Fsp3) is 0.167. The second-order valence-electron chi connectivity index (χ2n) is 3.87. The Hall–Kier alpha value is -2.41. The molecule has 0 radical (unpaired) electrons. The number of nitrogens with two attached hydrogens (primary N) is 1. The molecular weight excluding hydrogens is 284 g/mol. The Balaban J connectivity index is 2.47. The van der Waals surface area contributed by atoms with Crippen LogP contribution in [0.15, 0.2) is 24.5 Å². The molecule has 1 aromatic carbocycles. The molecule has 0 unspecified atom stereocenters. The number of hydrogen-bond donors (Lipinski definition) is 1. The van der Waals surface area contributed by atoms with Crippen LogP contribution in [0.4, 0.5) is 11.5 Å².